The zero-order chi connectivity index (χ0) is 7.82. The van der Waals surface area contributed by atoms with Crippen molar-refractivity contribution in [3.05, 3.63) is 0 Å². The Labute approximate surface area is 65.3 Å². The van der Waals surface area contributed by atoms with Gasteiger partial charge in [0.25, 0.3) is 0 Å². The molecule has 0 radical (unpaired) electrons. The zero-order valence-electron chi connectivity index (χ0n) is 7.22. The van der Waals surface area contributed by atoms with E-state index in [4.69, 9.17) is 9.16 Å². The van der Waals surface area contributed by atoms with Gasteiger partial charge >= 0.3 is 0 Å². The van der Waals surface area contributed by atoms with Crippen LogP contribution in [0.1, 0.15) is 12.8 Å². The van der Waals surface area contributed by atoms with Crippen molar-refractivity contribution in [1.29, 1.82) is 0 Å². The van der Waals surface area contributed by atoms with Crippen molar-refractivity contribution in [1.82, 2.24) is 0 Å². The summed E-state index contributed by atoms with van der Waals surface area (Å²) >= 11 is 0. The lowest BCUT2D eigenvalue weighted by Gasteiger charge is -2.05. The molecule has 3 heteroatoms. The molecule has 0 fully saturated rings. The van der Waals surface area contributed by atoms with Crippen LogP contribution in [0.3, 0.4) is 0 Å². The van der Waals surface area contributed by atoms with Gasteiger partial charge in [0.15, 0.2) is 9.04 Å². The molecule has 0 aliphatic heterocycles. The van der Waals surface area contributed by atoms with Gasteiger partial charge in [-0.1, -0.05) is 0 Å². The highest BCUT2D eigenvalue weighted by molar-refractivity contribution is 6.48. The summed E-state index contributed by atoms with van der Waals surface area (Å²) in [5.41, 5.74) is 0. The minimum atomic E-state index is -0.763. The van der Waals surface area contributed by atoms with Crippen LogP contribution in [-0.2, 0) is 9.16 Å². The highest BCUT2D eigenvalue weighted by atomic mass is 28.3. The van der Waals surface area contributed by atoms with E-state index in [1.54, 1.807) is 7.11 Å². The van der Waals surface area contributed by atoms with Gasteiger partial charge in [-0.3, -0.25) is 0 Å². The van der Waals surface area contributed by atoms with Gasteiger partial charge in [-0.25, -0.2) is 0 Å². The lowest BCUT2D eigenvalue weighted by molar-refractivity contribution is 0.184. The maximum atomic E-state index is 5.47. The Morgan fingerprint density at radius 2 is 1.70 bits per heavy atom. The molecule has 0 unspecified atom stereocenters. The Kier molecular flexibility index (Phi) is 7.35. The molecule has 0 spiro atoms. The number of unbranched alkanes of at least 4 members (excludes halogenated alkanes) is 1. The second kappa shape index (κ2) is 7.25. The Morgan fingerprint density at radius 1 is 1.10 bits per heavy atom. The van der Waals surface area contributed by atoms with Gasteiger partial charge in [0.1, 0.15) is 0 Å². The van der Waals surface area contributed by atoms with Crippen molar-refractivity contribution < 1.29 is 9.16 Å². The standard InChI is InChI=1S/C7H18O2Si/c1-8-6-4-5-7-9-10(2)3/h10H,4-7H2,1-3H3. The fraction of sp³-hybridized carbons (Fsp3) is 1.00. The molecule has 0 atom stereocenters. The second-order valence-electron chi connectivity index (χ2n) is 2.62. The summed E-state index contributed by atoms with van der Waals surface area (Å²) in [6, 6.07) is 0. The Morgan fingerprint density at radius 3 is 2.20 bits per heavy atom. The van der Waals surface area contributed by atoms with E-state index in [0.29, 0.717) is 0 Å². The van der Waals surface area contributed by atoms with Crippen molar-refractivity contribution in [3.63, 3.8) is 0 Å². The smallest absolute Gasteiger partial charge is 0.170 e. The molecule has 10 heavy (non-hydrogen) atoms. The Bertz CT molecular complexity index is 66.6. The van der Waals surface area contributed by atoms with E-state index in [1.807, 2.05) is 0 Å². The van der Waals surface area contributed by atoms with Crippen LogP contribution >= 0.6 is 0 Å². The van der Waals surface area contributed by atoms with Gasteiger partial charge in [-0.2, -0.15) is 0 Å². The van der Waals surface area contributed by atoms with E-state index in [9.17, 15) is 0 Å². The average Bonchev–Trinajstić information content (AvgIpc) is 1.87. The van der Waals surface area contributed by atoms with Crippen LogP contribution in [0.15, 0.2) is 0 Å². The predicted octanol–water partition coefficient (Wildman–Crippen LogP) is 1.41. The van der Waals surface area contributed by atoms with Gasteiger partial charge in [0, 0.05) is 20.3 Å². The summed E-state index contributed by atoms with van der Waals surface area (Å²) in [5, 5.41) is 0. The first-order valence-corrected chi connectivity index (χ1v) is 6.66. The van der Waals surface area contributed by atoms with Crippen molar-refractivity contribution in [2.75, 3.05) is 20.3 Å². The summed E-state index contributed by atoms with van der Waals surface area (Å²) in [6.07, 6.45) is 2.26. The van der Waals surface area contributed by atoms with Gasteiger partial charge < -0.3 is 9.16 Å². The highest BCUT2D eigenvalue weighted by Gasteiger charge is 1.93. The Hall–Kier alpha value is 0.137. The van der Waals surface area contributed by atoms with Crippen LogP contribution in [0, 0.1) is 0 Å². The van der Waals surface area contributed by atoms with Crippen molar-refractivity contribution >= 4 is 9.04 Å². The van der Waals surface area contributed by atoms with Gasteiger partial charge in [0.05, 0.1) is 0 Å². The normalized spacial score (nSPS) is 10.8. The van der Waals surface area contributed by atoms with E-state index < -0.39 is 9.04 Å². The van der Waals surface area contributed by atoms with Crippen LogP contribution in [0.4, 0.5) is 0 Å². The summed E-state index contributed by atoms with van der Waals surface area (Å²) in [7, 11) is 0.971. The van der Waals surface area contributed by atoms with Gasteiger partial charge in [-0.15, -0.1) is 0 Å². The van der Waals surface area contributed by atoms with E-state index >= 15 is 0 Å². The molecular weight excluding hydrogens is 144 g/mol. The fourth-order valence-electron chi connectivity index (χ4n) is 0.667. The summed E-state index contributed by atoms with van der Waals surface area (Å²) in [5.74, 6) is 0. The molecular formula is C7H18O2Si. The third-order valence-electron chi connectivity index (χ3n) is 1.19. The van der Waals surface area contributed by atoms with Crippen LogP contribution in [0.2, 0.25) is 13.1 Å². The SMILES string of the molecule is COCCCCO[SiH](C)C. The van der Waals surface area contributed by atoms with Crippen LogP contribution in [0.5, 0.6) is 0 Å². The molecule has 0 heterocycles. The van der Waals surface area contributed by atoms with E-state index in [-0.39, 0.29) is 0 Å². The van der Waals surface area contributed by atoms with Gasteiger partial charge in [0.2, 0.25) is 0 Å². The zero-order valence-corrected chi connectivity index (χ0v) is 8.38. The molecule has 0 saturated carbocycles. The van der Waals surface area contributed by atoms with Crippen molar-refractivity contribution in [2.24, 2.45) is 0 Å². The second-order valence-corrected chi connectivity index (χ2v) is 5.05. The summed E-state index contributed by atoms with van der Waals surface area (Å²) < 4.78 is 10.4. The number of ether oxygens (including phenoxy) is 1. The minimum absolute atomic E-state index is 0.763. The molecule has 0 amide bonds. The molecule has 0 rings (SSSR count). The summed E-state index contributed by atoms with van der Waals surface area (Å²) in [6.45, 7) is 6.17. The van der Waals surface area contributed by atoms with Crippen LogP contribution in [0.25, 0.3) is 0 Å². The van der Waals surface area contributed by atoms with E-state index in [0.717, 1.165) is 26.1 Å². The first kappa shape index (κ1) is 10.1. The molecule has 0 aromatic carbocycles. The first-order chi connectivity index (χ1) is 4.77. The van der Waals surface area contributed by atoms with Crippen LogP contribution < -0.4 is 0 Å². The maximum absolute atomic E-state index is 5.47. The minimum Gasteiger partial charge on any atom is -0.421 e. The molecule has 0 aliphatic rings. The first-order valence-electron chi connectivity index (χ1n) is 3.88. The summed E-state index contributed by atoms with van der Waals surface area (Å²) in [4.78, 5) is 0. The average molecular weight is 162 g/mol. The monoisotopic (exact) mass is 162 g/mol. The van der Waals surface area contributed by atoms with Crippen molar-refractivity contribution in [3.8, 4) is 0 Å². The lowest BCUT2D eigenvalue weighted by atomic mass is 10.3. The Balaban J connectivity index is 2.77. The lowest BCUT2D eigenvalue weighted by Crippen LogP contribution is -2.08. The molecule has 0 saturated heterocycles. The third-order valence-corrected chi connectivity index (χ3v) is 2.10. The molecule has 0 aromatic rings. The maximum Gasteiger partial charge on any atom is 0.170 e. The third kappa shape index (κ3) is 8.14. The molecule has 2 nitrogen and oxygen atoms in total. The number of methoxy groups -OCH3 is 1. The predicted molar refractivity (Wildman–Crippen MR) is 45.9 cm³/mol. The molecule has 0 aliphatic carbocycles. The topological polar surface area (TPSA) is 18.5 Å². The fourth-order valence-corrected chi connectivity index (χ4v) is 1.31. The van der Waals surface area contributed by atoms with Gasteiger partial charge in [-0.05, 0) is 25.9 Å². The van der Waals surface area contributed by atoms with Crippen molar-refractivity contribution in [2.45, 2.75) is 25.9 Å². The molecule has 0 bridgehead atoms. The largest absolute Gasteiger partial charge is 0.421 e. The molecule has 0 N–H and O–H groups in total. The number of rotatable bonds is 6. The van der Waals surface area contributed by atoms with Crippen LogP contribution in [-0.4, -0.2) is 29.4 Å². The number of hydrogen-bond acceptors (Lipinski definition) is 2. The quantitative estimate of drug-likeness (QED) is 0.434. The highest BCUT2D eigenvalue weighted by Crippen LogP contribution is 1.92. The van der Waals surface area contributed by atoms with E-state index in [1.165, 1.54) is 0 Å². The van der Waals surface area contributed by atoms with E-state index in [2.05, 4.69) is 13.1 Å². The molecule has 62 valence electrons. The number of hydrogen-bond donors (Lipinski definition) is 0. The molecule has 0 aromatic heterocycles.